The Kier molecular flexibility index (Phi) is 4.57. The summed E-state index contributed by atoms with van der Waals surface area (Å²) in [6, 6.07) is 8.77. The second-order valence-corrected chi connectivity index (χ2v) is 7.25. The minimum Gasteiger partial charge on any atom is -0.312 e. The smallest absolute Gasteiger partial charge is 0.228 e. The van der Waals surface area contributed by atoms with Gasteiger partial charge in [-0.25, -0.2) is 0 Å². The molecule has 0 spiro atoms. The zero-order valence-corrected chi connectivity index (χ0v) is 14.9. The van der Waals surface area contributed by atoms with Crippen molar-refractivity contribution in [3.05, 3.63) is 47.8 Å². The Morgan fingerprint density at radius 3 is 3.00 bits per heavy atom. The van der Waals surface area contributed by atoms with Crippen molar-refractivity contribution in [1.29, 1.82) is 0 Å². The van der Waals surface area contributed by atoms with Gasteiger partial charge in [0, 0.05) is 37.4 Å². The maximum atomic E-state index is 12.7. The van der Waals surface area contributed by atoms with Gasteiger partial charge >= 0.3 is 0 Å². The lowest BCUT2D eigenvalue weighted by Gasteiger charge is -2.25. The second-order valence-electron chi connectivity index (χ2n) is 7.25. The van der Waals surface area contributed by atoms with Crippen molar-refractivity contribution in [3.8, 4) is 0 Å². The van der Waals surface area contributed by atoms with Crippen molar-refractivity contribution in [2.45, 2.75) is 45.2 Å². The summed E-state index contributed by atoms with van der Waals surface area (Å²) in [5.74, 6) is 0.255. The number of amides is 1. The monoisotopic (exact) mass is 338 g/mol. The van der Waals surface area contributed by atoms with Gasteiger partial charge in [0.25, 0.3) is 0 Å². The molecule has 1 atom stereocenters. The molecule has 0 bridgehead atoms. The Balaban J connectivity index is 1.34. The number of anilines is 1. The number of aryl methyl sites for hydroxylation is 1. The Morgan fingerprint density at radius 2 is 2.16 bits per heavy atom. The Morgan fingerprint density at radius 1 is 1.28 bits per heavy atom. The van der Waals surface area contributed by atoms with E-state index in [0.717, 1.165) is 38.3 Å². The highest BCUT2D eigenvalue weighted by Gasteiger charge is 2.28. The Hall–Kier alpha value is -2.14. The molecule has 132 valence electrons. The molecule has 0 radical (unpaired) electrons. The van der Waals surface area contributed by atoms with Gasteiger partial charge in [0.2, 0.25) is 5.91 Å². The normalized spacial score (nSPS) is 20.2. The standard InChI is InChI=1S/C20H26N4O/c1-16-13-21-23(14-16)15-18-6-4-10-22(18)11-9-20(25)24-12-8-17-5-2-3-7-19(17)24/h2-3,5,7,13-14,18H,4,6,8-12,15H2,1H3/t18-/m0/s1. The molecule has 2 aromatic rings. The fraction of sp³-hybridized carbons (Fsp3) is 0.500. The Labute approximate surface area is 149 Å². The van der Waals surface area contributed by atoms with E-state index in [2.05, 4.69) is 41.3 Å². The van der Waals surface area contributed by atoms with Gasteiger partial charge in [-0.15, -0.1) is 0 Å². The summed E-state index contributed by atoms with van der Waals surface area (Å²) in [6.07, 6.45) is 8.00. The first-order chi connectivity index (χ1) is 12.2. The molecule has 2 aliphatic heterocycles. The molecule has 2 aliphatic rings. The molecule has 3 heterocycles. The zero-order valence-electron chi connectivity index (χ0n) is 14.9. The molecule has 0 saturated carbocycles. The molecule has 1 aromatic carbocycles. The Bertz CT molecular complexity index is 754. The zero-order chi connectivity index (χ0) is 17.2. The molecule has 5 nitrogen and oxygen atoms in total. The van der Waals surface area contributed by atoms with Crippen LogP contribution in [-0.2, 0) is 17.8 Å². The molecule has 4 rings (SSSR count). The fourth-order valence-electron chi connectivity index (χ4n) is 4.15. The van der Waals surface area contributed by atoms with E-state index < -0.39 is 0 Å². The number of hydrogen-bond acceptors (Lipinski definition) is 3. The molecule has 25 heavy (non-hydrogen) atoms. The number of nitrogens with zero attached hydrogens (tertiary/aromatic N) is 4. The van der Waals surface area contributed by atoms with Crippen LogP contribution in [0.15, 0.2) is 36.7 Å². The summed E-state index contributed by atoms with van der Waals surface area (Å²) >= 11 is 0. The summed E-state index contributed by atoms with van der Waals surface area (Å²) < 4.78 is 2.04. The third kappa shape index (κ3) is 3.47. The number of carbonyl (C=O) groups is 1. The molecule has 5 heteroatoms. The summed E-state index contributed by atoms with van der Waals surface area (Å²) in [4.78, 5) is 17.2. The molecular weight excluding hydrogens is 312 g/mol. The predicted octanol–water partition coefficient (Wildman–Crippen LogP) is 2.64. The minimum absolute atomic E-state index is 0.255. The molecule has 0 N–H and O–H groups in total. The lowest BCUT2D eigenvalue weighted by atomic mass is 10.2. The first-order valence-electron chi connectivity index (χ1n) is 9.32. The summed E-state index contributed by atoms with van der Waals surface area (Å²) in [7, 11) is 0. The van der Waals surface area contributed by atoms with Crippen LogP contribution in [0.25, 0.3) is 0 Å². The summed E-state index contributed by atoms with van der Waals surface area (Å²) in [5, 5.41) is 4.41. The van der Waals surface area contributed by atoms with Crippen molar-refractivity contribution in [1.82, 2.24) is 14.7 Å². The lowest BCUT2D eigenvalue weighted by molar-refractivity contribution is -0.118. The van der Waals surface area contributed by atoms with E-state index in [1.54, 1.807) is 0 Å². The van der Waals surface area contributed by atoms with E-state index in [9.17, 15) is 4.79 Å². The van der Waals surface area contributed by atoms with Crippen LogP contribution in [0.4, 0.5) is 5.69 Å². The van der Waals surface area contributed by atoms with Gasteiger partial charge in [0.15, 0.2) is 0 Å². The van der Waals surface area contributed by atoms with E-state index in [0.29, 0.717) is 12.5 Å². The number of hydrogen-bond donors (Lipinski definition) is 0. The second kappa shape index (κ2) is 7.00. The largest absolute Gasteiger partial charge is 0.312 e. The quantitative estimate of drug-likeness (QED) is 0.841. The number of carbonyl (C=O) groups excluding carboxylic acids is 1. The lowest BCUT2D eigenvalue weighted by Crippen LogP contribution is -2.37. The minimum atomic E-state index is 0.255. The average Bonchev–Trinajstić information content (AvgIpc) is 3.33. The van der Waals surface area contributed by atoms with Crippen molar-refractivity contribution in [2.75, 3.05) is 24.5 Å². The first-order valence-corrected chi connectivity index (χ1v) is 9.32. The number of likely N-dealkylation sites (tertiary alicyclic amines) is 1. The third-order valence-electron chi connectivity index (χ3n) is 5.46. The van der Waals surface area contributed by atoms with Crippen molar-refractivity contribution < 1.29 is 4.79 Å². The van der Waals surface area contributed by atoms with Gasteiger partial charge in [0.05, 0.1) is 12.7 Å². The fourth-order valence-corrected chi connectivity index (χ4v) is 4.15. The molecular formula is C20H26N4O. The number of aromatic nitrogens is 2. The maximum absolute atomic E-state index is 12.7. The van der Waals surface area contributed by atoms with Gasteiger partial charge in [-0.1, -0.05) is 18.2 Å². The highest BCUT2D eigenvalue weighted by molar-refractivity contribution is 5.95. The SMILES string of the molecule is Cc1cnn(C[C@@H]2CCCN2CCC(=O)N2CCc3ccccc32)c1. The average molecular weight is 338 g/mol. The van der Waals surface area contributed by atoms with E-state index in [4.69, 9.17) is 0 Å². The van der Waals surface area contributed by atoms with Crippen LogP contribution in [0, 0.1) is 6.92 Å². The number of benzene rings is 1. The van der Waals surface area contributed by atoms with Gasteiger partial charge in [-0.2, -0.15) is 5.10 Å². The van der Waals surface area contributed by atoms with E-state index in [-0.39, 0.29) is 5.91 Å². The molecule has 1 saturated heterocycles. The van der Waals surface area contributed by atoms with Crippen LogP contribution >= 0.6 is 0 Å². The van der Waals surface area contributed by atoms with Gasteiger partial charge < -0.3 is 4.90 Å². The van der Waals surface area contributed by atoms with Crippen LogP contribution in [0.5, 0.6) is 0 Å². The van der Waals surface area contributed by atoms with Crippen LogP contribution in [0.2, 0.25) is 0 Å². The van der Waals surface area contributed by atoms with Crippen LogP contribution < -0.4 is 4.90 Å². The van der Waals surface area contributed by atoms with Crippen molar-refractivity contribution in [2.24, 2.45) is 0 Å². The van der Waals surface area contributed by atoms with Gasteiger partial charge in [-0.3, -0.25) is 14.4 Å². The maximum Gasteiger partial charge on any atom is 0.228 e. The van der Waals surface area contributed by atoms with E-state index >= 15 is 0 Å². The number of para-hydroxylation sites is 1. The van der Waals surface area contributed by atoms with Crippen LogP contribution in [-0.4, -0.2) is 46.3 Å². The highest BCUT2D eigenvalue weighted by atomic mass is 16.2. The van der Waals surface area contributed by atoms with Gasteiger partial charge in [-0.05, 0) is 49.9 Å². The van der Waals surface area contributed by atoms with Gasteiger partial charge in [0.1, 0.15) is 0 Å². The van der Waals surface area contributed by atoms with Crippen LogP contribution in [0.1, 0.15) is 30.4 Å². The highest BCUT2D eigenvalue weighted by Crippen LogP contribution is 2.28. The van der Waals surface area contributed by atoms with Crippen LogP contribution in [0.3, 0.4) is 0 Å². The molecule has 1 aromatic heterocycles. The summed E-state index contributed by atoms with van der Waals surface area (Å²) in [5.41, 5.74) is 3.61. The molecule has 1 fully saturated rings. The number of fused-ring (bicyclic) bond motifs is 1. The topological polar surface area (TPSA) is 41.4 Å². The third-order valence-corrected chi connectivity index (χ3v) is 5.46. The van der Waals surface area contributed by atoms with E-state index in [1.807, 2.05) is 21.8 Å². The van der Waals surface area contributed by atoms with E-state index in [1.165, 1.54) is 24.0 Å². The number of rotatable bonds is 5. The first kappa shape index (κ1) is 16.3. The molecule has 1 amide bonds. The van der Waals surface area contributed by atoms with Crippen molar-refractivity contribution >= 4 is 11.6 Å². The van der Waals surface area contributed by atoms with Crippen molar-refractivity contribution in [3.63, 3.8) is 0 Å². The predicted molar refractivity (Wildman–Crippen MR) is 98.7 cm³/mol. The molecule has 0 aliphatic carbocycles. The summed E-state index contributed by atoms with van der Waals surface area (Å²) in [6.45, 7) is 5.77. The molecule has 0 unspecified atom stereocenters.